The Morgan fingerprint density at radius 1 is 1.11 bits per heavy atom. The number of carbonyl (C=O) groups is 2. The summed E-state index contributed by atoms with van der Waals surface area (Å²) in [5.41, 5.74) is 0.748. The average molecular weight is 406 g/mol. The van der Waals surface area contributed by atoms with E-state index in [0.717, 1.165) is 5.56 Å². The smallest absolute Gasteiger partial charge is 0.335 e. The Kier molecular flexibility index (Phi) is 5.39. The van der Waals surface area contributed by atoms with E-state index in [1.54, 1.807) is 30.3 Å². The van der Waals surface area contributed by atoms with Crippen LogP contribution in [0.2, 0.25) is 10.0 Å². The van der Waals surface area contributed by atoms with Gasteiger partial charge in [-0.2, -0.15) is 0 Å². The molecule has 1 aromatic heterocycles. The van der Waals surface area contributed by atoms with E-state index in [0.29, 0.717) is 10.8 Å². The van der Waals surface area contributed by atoms with Gasteiger partial charge >= 0.3 is 5.97 Å². The van der Waals surface area contributed by atoms with E-state index in [-0.39, 0.29) is 27.8 Å². The van der Waals surface area contributed by atoms with Gasteiger partial charge in [0.2, 0.25) is 0 Å². The second-order valence-electron chi connectivity index (χ2n) is 5.47. The van der Waals surface area contributed by atoms with Crippen molar-refractivity contribution in [1.29, 1.82) is 0 Å². The number of hydrogen-bond donors (Lipinski definition) is 2. The van der Waals surface area contributed by atoms with Crippen molar-refractivity contribution >= 4 is 40.8 Å². The first-order chi connectivity index (χ1) is 12.9. The van der Waals surface area contributed by atoms with Crippen LogP contribution in [0.5, 0.6) is 5.75 Å². The second kappa shape index (κ2) is 7.73. The molecule has 6 nitrogen and oxygen atoms in total. The Morgan fingerprint density at radius 3 is 2.56 bits per heavy atom. The van der Waals surface area contributed by atoms with Crippen molar-refractivity contribution in [2.75, 3.05) is 12.4 Å². The normalized spacial score (nSPS) is 10.5. The van der Waals surface area contributed by atoms with Crippen molar-refractivity contribution in [1.82, 2.24) is 0 Å². The Hall–Kier alpha value is -2.96. The Labute approximate surface area is 164 Å². The van der Waals surface area contributed by atoms with Crippen LogP contribution in [0, 0.1) is 0 Å². The molecule has 0 saturated heterocycles. The third-order valence-corrected chi connectivity index (χ3v) is 4.20. The molecule has 0 spiro atoms. The molecule has 0 saturated carbocycles. The quantitative estimate of drug-likeness (QED) is 0.607. The summed E-state index contributed by atoms with van der Waals surface area (Å²) in [6, 6.07) is 12.6. The van der Waals surface area contributed by atoms with Gasteiger partial charge in [0.25, 0.3) is 5.91 Å². The standard InChI is InChI=1S/C19H13Cl2NO5/c1-26-17-13(21)8-11(19(24)25)9-14(17)22-18(23)16-6-5-15(27-16)10-3-2-4-12(20)7-10/h2-9H,1H3,(H,22,23)(H,24,25). The molecule has 3 aromatic rings. The molecule has 0 radical (unpaired) electrons. The van der Waals surface area contributed by atoms with Gasteiger partial charge in [-0.15, -0.1) is 0 Å². The van der Waals surface area contributed by atoms with E-state index < -0.39 is 11.9 Å². The molecule has 0 atom stereocenters. The summed E-state index contributed by atoms with van der Waals surface area (Å²) in [7, 11) is 1.36. The number of carbonyl (C=O) groups excluding carboxylic acids is 1. The second-order valence-corrected chi connectivity index (χ2v) is 6.32. The topological polar surface area (TPSA) is 88.8 Å². The van der Waals surface area contributed by atoms with Gasteiger partial charge in [0.05, 0.1) is 23.4 Å². The van der Waals surface area contributed by atoms with Gasteiger partial charge in [-0.3, -0.25) is 4.79 Å². The highest BCUT2D eigenvalue weighted by molar-refractivity contribution is 6.33. The average Bonchev–Trinajstić information content (AvgIpc) is 3.11. The number of rotatable bonds is 5. The number of halogens is 2. The molecule has 0 fully saturated rings. The van der Waals surface area contributed by atoms with Crippen molar-refractivity contribution < 1.29 is 23.8 Å². The van der Waals surface area contributed by atoms with Gasteiger partial charge < -0.3 is 19.6 Å². The number of aromatic carboxylic acids is 1. The van der Waals surface area contributed by atoms with Gasteiger partial charge in [0, 0.05) is 10.6 Å². The molecule has 0 aliphatic heterocycles. The monoisotopic (exact) mass is 405 g/mol. The lowest BCUT2D eigenvalue weighted by molar-refractivity contribution is 0.0696. The highest BCUT2D eigenvalue weighted by atomic mass is 35.5. The van der Waals surface area contributed by atoms with E-state index in [2.05, 4.69) is 5.32 Å². The first-order valence-electron chi connectivity index (χ1n) is 7.67. The summed E-state index contributed by atoms with van der Waals surface area (Å²) in [6.07, 6.45) is 0. The number of benzene rings is 2. The van der Waals surface area contributed by atoms with Crippen molar-refractivity contribution in [3.63, 3.8) is 0 Å². The van der Waals surface area contributed by atoms with Crippen LogP contribution in [-0.4, -0.2) is 24.1 Å². The largest absolute Gasteiger partial charge is 0.493 e. The number of carboxylic acids is 1. The van der Waals surface area contributed by atoms with E-state index in [1.165, 1.54) is 25.3 Å². The molecular weight excluding hydrogens is 393 g/mol. The lowest BCUT2D eigenvalue weighted by atomic mass is 10.2. The zero-order valence-corrected chi connectivity index (χ0v) is 15.5. The summed E-state index contributed by atoms with van der Waals surface area (Å²) in [4.78, 5) is 23.7. The van der Waals surface area contributed by atoms with Crippen LogP contribution in [0.15, 0.2) is 52.9 Å². The Bertz CT molecular complexity index is 1030. The highest BCUT2D eigenvalue weighted by Gasteiger charge is 2.19. The summed E-state index contributed by atoms with van der Waals surface area (Å²) < 4.78 is 10.7. The number of methoxy groups -OCH3 is 1. The molecule has 138 valence electrons. The zero-order chi connectivity index (χ0) is 19.6. The summed E-state index contributed by atoms with van der Waals surface area (Å²) >= 11 is 12.0. The Morgan fingerprint density at radius 2 is 1.89 bits per heavy atom. The van der Waals surface area contributed by atoms with Crippen molar-refractivity contribution in [3.8, 4) is 17.1 Å². The number of nitrogens with one attached hydrogen (secondary N) is 1. The third kappa shape index (κ3) is 4.07. The minimum atomic E-state index is -1.18. The first kappa shape index (κ1) is 18.8. The van der Waals surface area contributed by atoms with Crippen LogP contribution in [0.25, 0.3) is 11.3 Å². The minimum absolute atomic E-state index is 0.0314. The van der Waals surface area contributed by atoms with Gasteiger partial charge in [0.15, 0.2) is 11.5 Å². The van der Waals surface area contributed by atoms with Crippen LogP contribution >= 0.6 is 23.2 Å². The maximum atomic E-state index is 12.5. The number of hydrogen-bond acceptors (Lipinski definition) is 4. The van der Waals surface area contributed by atoms with Gasteiger partial charge in [-0.05, 0) is 36.4 Å². The van der Waals surface area contributed by atoms with Crippen LogP contribution in [0.4, 0.5) is 5.69 Å². The maximum absolute atomic E-state index is 12.5. The predicted molar refractivity (Wildman–Crippen MR) is 102 cm³/mol. The maximum Gasteiger partial charge on any atom is 0.335 e. The lowest BCUT2D eigenvalue weighted by Crippen LogP contribution is -2.13. The number of carboxylic acid groups (broad SMARTS) is 1. The van der Waals surface area contributed by atoms with E-state index in [9.17, 15) is 9.59 Å². The van der Waals surface area contributed by atoms with E-state index >= 15 is 0 Å². The third-order valence-electron chi connectivity index (χ3n) is 3.68. The van der Waals surface area contributed by atoms with Crippen LogP contribution < -0.4 is 10.1 Å². The fraction of sp³-hybridized carbons (Fsp3) is 0.0526. The molecular formula is C19H13Cl2NO5. The molecule has 1 amide bonds. The van der Waals surface area contributed by atoms with Gasteiger partial charge in [-0.25, -0.2) is 4.79 Å². The fourth-order valence-corrected chi connectivity index (χ4v) is 2.94. The number of anilines is 1. The SMILES string of the molecule is COc1c(Cl)cc(C(=O)O)cc1NC(=O)c1ccc(-c2cccc(Cl)c2)o1. The molecule has 2 N–H and O–H groups in total. The lowest BCUT2D eigenvalue weighted by Gasteiger charge is -2.12. The van der Waals surface area contributed by atoms with Crippen LogP contribution in [0.1, 0.15) is 20.9 Å². The van der Waals surface area contributed by atoms with Crippen molar-refractivity contribution in [3.05, 3.63) is 69.9 Å². The number of ether oxygens (including phenoxy) is 1. The molecule has 0 unspecified atom stereocenters. The fourth-order valence-electron chi connectivity index (χ4n) is 2.46. The zero-order valence-electron chi connectivity index (χ0n) is 14.0. The van der Waals surface area contributed by atoms with Gasteiger partial charge in [0.1, 0.15) is 5.76 Å². The molecule has 8 heteroatoms. The highest BCUT2D eigenvalue weighted by Crippen LogP contribution is 2.35. The molecule has 2 aromatic carbocycles. The van der Waals surface area contributed by atoms with E-state index in [1.807, 2.05) is 0 Å². The first-order valence-corrected chi connectivity index (χ1v) is 8.42. The summed E-state index contributed by atoms with van der Waals surface area (Å²) in [5, 5.41) is 12.3. The van der Waals surface area contributed by atoms with Crippen molar-refractivity contribution in [2.45, 2.75) is 0 Å². The molecule has 3 rings (SSSR count). The summed E-state index contributed by atoms with van der Waals surface area (Å²) in [6.45, 7) is 0. The van der Waals surface area contributed by atoms with Crippen molar-refractivity contribution in [2.24, 2.45) is 0 Å². The molecule has 27 heavy (non-hydrogen) atoms. The van der Waals surface area contributed by atoms with Gasteiger partial charge in [-0.1, -0.05) is 35.3 Å². The molecule has 0 aliphatic rings. The van der Waals surface area contributed by atoms with Crippen LogP contribution in [0.3, 0.4) is 0 Å². The predicted octanol–water partition coefficient (Wildman–Crippen LogP) is 5.21. The number of furan rings is 1. The van der Waals surface area contributed by atoms with Crippen LogP contribution in [-0.2, 0) is 0 Å². The molecule has 1 heterocycles. The number of amides is 1. The van der Waals surface area contributed by atoms with E-state index in [4.69, 9.17) is 37.5 Å². The summed E-state index contributed by atoms with van der Waals surface area (Å²) in [5.74, 6) is -1.12. The molecule has 0 aliphatic carbocycles. The Balaban J connectivity index is 1.89. The molecule has 0 bridgehead atoms. The minimum Gasteiger partial charge on any atom is -0.493 e.